The first kappa shape index (κ1) is 63.1. The summed E-state index contributed by atoms with van der Waals surface area (Å²) in [5.74, 6) is -0.970. The number of methoxy groups -OCH3 is 1. The van der Waals surface area contributed by atoms with Crippen molar-refractivity contribution in [1.29, 1.82) is 0 Å². The van der Waals surface area contributed by atoms with E-state index >= 15 is 0 Å². The van der Waals surface area contributed by atoms with Gasteiger partial charge < -0.3 is 93.0 Å². The molecule has 27 atom stereocenters. The van der Waals surface area contributed by atoms with Gasteiger partial charge >= 0.3 is 22.3 Å². The second kappa shape index (κ2) is 23.4. The number of fused-ring (bicyclic) bond motifs is 4. The number of aliphatic hydroxyl groups excluding tert-OH is 8. The van der Waals surface area contributed by atoms with E-state index in [9.17, 15) is 63.4 Å². The fourth-order valence-corrected chi connectivity index (χ4v) is 16.9. The average molecular weight is 1180 g/mol. The van der Waals surface area contributed by atoms with Gasteiger partial charge in [0.15, 0.2) is 25.2 Å². The Morgan fingerprint density at radius 3 is 2.09 bits per heavy atom. The van der Waals surface area contributed by atoms with Crippen molar-refractivity contribution in [3.05, 3.63) is 23.8 Å². The highest BCUT2D eigenvalue weighted by atomic mass is 32.3. The van der Waals surface area contributed by atoms with E-state index < -0.39 is 181 Å². The molecular formula is C55H86O25S. The summed E-state index contributed by atoms with van der Waals surface area (Å²) in [6, 6.07) is 0. The maximum absolute atomic E-state index is 14.7. The van der Waals surface area contributed by atoms with Gasteiger partial charge in [0.25, 0.3) is 0 Å². The quantitative estimate of drug-likeness (QED) is 0.0547. The second-order valence-corrected chi connectivity index (χ2v) is 26.6. The van der Waals surface area contributed by atoms with Gasteiger partial charge in [-0.05, 0) is 101 Å². The van der Waals surface area contributed by atoms with Crippen LogP contribution in [0.1, 0.15) is 113 Å². The van der Waals surface area contributed by atoms with Crippen LogP contribution >= 0.6 is 0 Å². The molecule has 26 heteroatoms. The lowest BCUT2D eigenvalue weighted by Gasteiger charge is -2.64. The first-order chi connectivity index (χ1) is 37.9. The molecule has 5 heterocycles. The van der Waals surface area contributed by atoms with Gasteiger partial charge in [-0.3, -0.25) is 14.1 Å². The number of esters is 2. The molecule has 1 spiro atoms. The first-order valence-corrected chi connectivity index (χ1v) is 29.7. The highest BCUT2D eigenvalue weighted by molar-refractivity contribution is 7.80. The third kappa shape index (κ3) is 11.1. The van der Waals surface area contributed by atoms with Crippen LogP contribution in [-0.2, 0) is 76.3 Å². The minimum Gasteiger partial charge on any atom is -0.462 e. The predicted octanol–water partition coefficient (Wildman–Crippen LogP) is 0.620. The van der Waals surface area contributed by atoms with E-state index in [1.54, 1.807) is 0 Å². The molecule has 5 aliphatic heterocycles. The summed E-state index contributed by atoms with van der Waals surface area (Å²) in [6.07, 6.45) is -22.3. The number of rotatable bonds is 17. The SMILES string of the molecule is C=C(C)CCC[C@]1(C)OC(=O)[C@]23CCC4C(=CCC5C(C)(C)[C@@H](OC6OCC(OS(=O)(=O)O)C(O)C6OC6OC(C)C(OC7OCC(O)C(OC8OC(CO)C(O)C(OC)C8O)C7O)C(O)C6O)CC[C@]45C)[C@]2(C)C[C@@H](OC(C)=O)[C@@H]31. The van der Waals surface area contributed by atoms with Crippen molar-refractivity contribution in [2.45, 2.75) is 242 Å². The Labute approximate surface area is 472 Å². The molecule has 0 bridgehead atoms. The molecule has 0 amide bonds. The zero-order valence-corrected chi connectivity index (χ0v) is 48.3. The Morgan fingerprint density at radius 1 is 0.778 bits per heavy atom. The fraction of sp³-hybridized carbons (Fsp3) is 0.891. The average Bonchev–Trinajstić information content (AvgIpc) is 2.79. The van der Waals surface area contributed by atoms with Gasteiger partial charge in [0.2, 0.25) is 0 Å². The molecule has 9 N–H and O–H groups in total. The normalized spacial score (nSPS) is 49.6. The minimum atomic E-state index is -5.16. The van der Waals surface area contributed by atoms with Crippen LogP contribution in [0.2, 0.25) is 0 Å². The second-order valence-electron chi connectivity index (χ2n) is 25.6. The van der Waals surface area contributed by atoms with Crippen molar-refractivity contribution in [3.63, 3.8) is 0 Å². The van der Waals surface area contributed by atoms with E-state index in [0.29, 0.717) is 44.9 Å². The van der Waals surface area contributed by atoms with E-state index in [4.69, 9.17) is 56.3 Å². The van der Waals surface area contributed by atoms with Gasteiger partial charge in [0.05, 0.1) is 43.4 Å². The fourth-order valence-electron chi connectivity index (χ4n) is 16.4. The third-order valence-electron chi connectivity index (χ3n) is 20.2. The van der Waals surface area contributed by atoms with Crippen LogP contribution in [-0.4, -0.2) is 221 Å². The number of allylic oxidation sites excluding steroid dienone is 3. The smallest absolute Gasteiger partial charge is 0.397 e. The summed E-state index contributed by atoms with van der Waals surface area (Å²) in [6.45, 7) is 17.7. The molecule has 462 valence electrons. The van der Waals surface area contributed by atoms with Crippen LogP contribution in [0.25, 0.3) is 0 Å². The molecule has 9 aliphatic rings. The topological polar surface area (TPSA) is 361 Å². The van der Waals surface area contributed by atoms with Crippen molar-refractivity contribution in [3.8, 4) is 0 Å². The number of carbonyl (C=O) groups excluding carboxylic acids is 2. The molecular weight excluding hydrogens is 1090 g/mol. The zero-order chi connectivity index (χ0) is 59.3. The van der Waals surface area contributed by atoms with Crippen molar-refractivity contribution >= 4 is 22.3 Å². The Kier molecular flexibility index (Phi) is 18.2. The summed E-state index contributed by atoms with van der Waals surface area (Å²) >= 11 is 0. The minimum absolute atomic E-state index is 0.0147. The lowest BCUT2D eigenvalue weighted by molar-refractivity contribution is -0.382. The Bertz CT molecular complexity index is 2440. The van der Waals surface area contributed by atoms with Crippen molar-refractivity contribution < 1.29 is 120 Å². The number of hydrogen-bond acceptors (Lipinski definition) is 24. The lowest BCUT2D eigenvalue weighted by Crippen LogP contribution is -2.65. The first-order valence-electron chi connectivity index (χ1n) is 28.3. The Morgan fingerprint density at radius 2 is 1.43 bits per heavy atom. The van der Waals surface area contributed by atoms with Crippen molar-refractivity contribution in [1.82, 2.24) is 0 Å². The highest BCUT2D eigenvalue weighted by Crippen LogP contribution is 2.77. The van der Waals surface area contributed by atoms with Crippen LogP contribution in [0.15, 0.2) is 23.8 Å². The van der Waals surface area contributed by atoms with Crippen LogP contribution in [0.3, 0.4) is 0 Å². The maximum Gasteiger partial charge on any atom is 0.397 e. The van der Waals surface area contributed by atoms with Gasteiger partial charge in [0.1, 0.15) is 91.1 Å². The largest absolute Gasteiger partial charge is 0.462 e. The number of ether oxygens (including phenoxy) is 11. The van der Waals surface area contributed by atoms with E-state index in [1.807, 2.05) is 13.8 Å². The number of cyclic esters (lactones) is 1. The van der Waals surface area contributed by atoms with E-state index in [0.717, 1.165) is 18.4 Å². The van der Waals surface area contributed by atoms with Crippen molar-refractivity contribution in [2.24, 2.45) is 39.4 Å². The lowest BCUT2D eigenvalue weighted by atomic mass is 9.41. The summed E-state index contributed by atoms with van der Waals surface area (Å²) in [4.78, 5) is 27.4. The summed E-state index contributed by atoms with van der Waals surface area (Å²) in [7, 11) is -3.95. The molecule has 4 aliphatic carbocycles. The Hall–Kier alpha value is -2.39. The van der Waals surface area contributed by atoms with Gasteiger partial charge in [-0.25, -0.2) is 4.18 Å². The van der Waals surface area contributed by atoms with Gasteiger partial charge in [-0.1, -0.05) is 44.9 Å². The molecule has 0 aromatic heterocycles. The molecule has 9 rings (SSSR count). The standard InChI is InChI=1S/C55H86O25S/c1-24(2)12-11-17-54(9)45-30(73-26(4)57)20-53(8)28-13-14-33-51(5,6)34(16-18-52(33,7)27(28)15-19-55(45,53)50(65)79-54)75-49-44(36(60)32(23-71-49)80-81(66,67)68)78-47-38(62)37(61)41(25(3)72-47)76-46-39(63)42(29(58)22-70-46)77-48-40(64)43(69-10)35(59)31(21-56)74-48/h13,25,27,29-49,56,58-64H,1,11-12,14-23H2,2-10H3,(H,66,67,68)/t25?,27?,29?,30-,31?,32?,33?,34+,35?,36?,37?,38?,39?,40?,41?,42?,43?,44?,45-,46?,47?,48?,49?,52-,53+,54+,55-/m1/s1. The number of carbonyl (C=O) groups is 2. The molecule has 3 saturated carbocycles. The molecule has 25 nitrogen and oxygen atoms in total. The molecule has 0 radical (unpaired) electrons. The van der Waals surface area contributed by atoms with E-state index in [2.05, 4.69) is 40.3 Å². The van der Waals surface area contributed by atoms with Crippen LogP contribution in [0, 0.1) is 39.4 Å². The Balaban J connectivity index is 0.906. The molecule has 8 fully saturated rings. The monoisotopic (exact) mass is 1180 g/mol. The summed E-state index contributed by atoms with van der Waals surface area (Å²) in [5, 5.41) is 88.4. The summed E-state index contributed by atoms with van der Waals surface area (Å²) in [5.41, 5.74) is -1.15. The number of aliphatic hydroxyl groups is 8. The highest BCUT2D eigenvalue weighted by Gasteiger charge is 2.79. The van der Waals surface area contributed by atoms with Crippen LogP contribution < -0.4 is 0 Å². The number of hydrogen-bond donors (Lipinski definition) is 9. The van der Waals surface area contributed by atoms with Gasteiger partial charge in [0, 0.05) is 19.4 Å². The predicted molar refractivity (Wildman–Crippen MR) is 276 cm³/mol. The van der Waals surface area contributed by atoms with Crippen LogP contribution in [0.5, 0.6) is 0 Å². The van der Waals surface area contributed by atoms with Gasteiger partial charge in [-0.15, -0.1) is 6.58 Å². The molecule has 0 aromatic carbocycles. The zero-order valence-electron chi connectivity index (χ0n) is 47.5. The van der Waals surface area contributed by atoms with E-state index in [-0.39, 0.29) is 29.1 Å². The maximum atomic E-state index is 14.7. The molecule has 20 unspecified atom stereocenters. The van der Waals surface area contributed by atoms with Crippen LogP contribution in [0.4, 0.5) is 0 Å². The third-order valence-corrected chi connectivity index (χ3v) is 20.7. The molecule has 0 aromatic rings. The summed E-state index contributed by atoms with van der Waals surface area (Å²) < 4.78 is 104. The van der Waals surface area contributed by atoms with Gasteiger partial charge in [-0.2, -0.15) is 8.42 Å². The molecule has 81 heavy (non-hydrogen) atoms. The molecule has 5 saturated heterocycles. The van der Waals surface area contributed by atoms with Crippen molar-refractivity contribution in [2.75, 3.05) is 26.9 Å². The van der Waals surface area contributed by atoms with E-state index in [1.165, 1.54) is 26.5 Å².